The molecule has 2 aromatic heterocycles. The molecule has 276 valence electrons. The van der Waals surface area contributed by atoms with Gasteiger partial charge in [-0.2, -0.15) is 0 Å². The largest absolute Gasteiger partial charge is 0.309 e. The van der Waals surface area contributed by atoms with E-state index in [1.54, 1.807) is 0 Å². The minimum Gasteiger partial charge on any atom is -0.309 e. The number of hydrogen-bond donors (Lipinski definition) is 0. The molecule has 12 aromatic rings. The molecule has 0 unspecified atom stereocenters. The number of aromatic nitrogens is 1. The highest BCUT2D eigenvalue weighted by Gasteiger charge is 2.25. The van der Waals surface area contributed by atoms with Crippen LogP contribution in [0.2, 0.25) is 0 Å². The lowest BCUT2D eigenvalue weighted by Crippen LogP contribution is -2.11. The minimum atomic E-state index is 1.10. The summed E-state index contributed by atoms with van der Waals surface area (Å²) in [6.07, 6.45) is 0. The van der Waals surface area contributed by atoms with Crippen molar-refractivity contribution in [1.29, 1.82) is 0 Å². The summed E-state index contributed by atoms with van der Waals surface area (Å²) >= 11 is 1.89. The highest BCUT2D eigenvalue weighted by atomic mass is 32.1. The van der Waals surface area contributed by atoms with Gasteiger partial charge >= 0.3 is 0 Å². The lowest BCUT2D eigenvalue weighted by molar-refractivity contribution is 1.18. The van der Waals surface area contributed by atoms with Gasteiger partial charge < -0.3 is 9.47 Å². The quantitative estimate of drug-likeness (QED) is 0.164. The average molecular weight is 769 g/mol. The van der Waals surface area contributed by atoms with Crippen molar-refractivity contribution in [2.75, 3.05) is 4.90 Å². The normalized spacial score (nSPS) is 11.7. The number of anilines is 3. The molecule has 0 saturated heterocycles. The van der Waals surface area contributed by atoms with E-state index in [1.807, 2.05) is 11.3 Å². The van der Waals surface area contributed by atoms with E-state index in [1.165, 1.54) is 85.8 Å². The van der Waals surface area contributed by atoms with Crippen molar-refractivity contribution in [3.63, 3.8) is 0 Å². The second kappa shape index (κ2) is 13.6. The summed E-state index contributed by atoms with van der Waals surface area (Å²) in [5.74, 6) is 0. The third-order valence-corrected chi connectivity index (χ3v) is 13.2. The number of benzene rings is 10. The number of rotatable bonds is 6. The van der Waals surface area contributed by atoms with Crippen molar-refractivity contribution >= 4 is 91.9 Å². The molecule has 3 heteroatoms. The van der Waals surface area contributed by atoms with Crippen LogP contribution in [0.4, 0.5) is 17.1 Å². The van der Waals surface area contributed by atoms with Crippen LogP contribution in [0.3, 0.4) is 0 Å². The summed E-state index contributed by atoms with van der Waals surface area (Å²) in [6, 6.07) is 80.0. The van der Waals surface area contributed by atoms with Crippen LogP contribution in [0.25, 0.3) is 91.5 Å². The van der Waals surface area contributed by atoms with E-state index in [0.717, 1.165) is 22.7 Å². The molecule has 0 aliphatic heterocycles. The first-order valence-corrected chi connectivity index (χ1v) is 21.0. The van der Waals surface area contributed by atoms with E-state index in [-0.39, 0.29) is 0 Å². The number of para-hydroxylation sites is 2. The maximum Gasteiger partial charge on any atom is 0.0562 e. The van der Waals surface area contributed by atoms with Crippen molar-refractivity contribution in [1.82, 2.24) is 4.57 Å². The molecule has 0 aliphatic carbocycles. The molecule has 59 heavy (non-hydrogen) atoms. The summed E-state index contributed by atoms with van der Waals surface area (Å²) < 4.78 is 4.98. The molecule has 0 fully saturated rings. The fraction of sp³-hybridized carbons (Fsp3) is 0. The van der Waals surface area contributed by atoms with Crippen LogP contribution in [0.15, 0.2) is 218 Å². The highest BCUT2D eigenvalue weighted by Crippen LogP contribution is 2.51. The average Bonchev–Trinajstić information content (AvgIpc) is 3.87. The van der Waals surface area contributed by atoms with E-state index in [2.05, 4.69) is 228 Å². The second-order valence-electron chi connectivity index (χ2n) is 15.3. The molecule has 2 nitrogen and oxygen atoms in total. The third-order valence-electron chi connectivity index (χ3n) is 12.0. The molecule has 0 radical (unpaired) electrons. The number of thiophene rings is 1. The Kier molecular flexibility index (Phi) is 7.75. The first-order valence-electron chi connectivity index (χ1n) is 20.2. The molecule has 2 heterocycles. The van der Waals surface area contributed by atoms with Gasteiger partial charge in [0, 0.05) is 47.9 Å². The maximum absolute atomic E-state index is 2.52. The topological polar surface area (TPSA) is 8.17 Å². The van der Waals surface area contributed by atoms with Gasteiger partial charge in [0.1, 0.15) is 0 Å². The van der Waals surface area contributed by atoms with E-state index >= 15 is 0 Å². The van der Waals surface area contributed by atoms with Crippen LogP contribution in [-0.4, -0.2) is 4.57 Å². The van der Waals surface area contributed by atoms with E-state index in [0.29, 0.717) is 0 Å². The van der Waals surface area contributed by atoms with Gasteiger partial charge in [-0.15, -0.1) is 11.3 Å². The summed E-state index contributed by atoms with van der Waals surface area (Å²) in [5.41, 5.74) is 11.8. The van der Waals surface area contributed by atoms with Gasteiger partial charge in [-0.05, 0) is 98.9 Å². The first-order chi connectivity index (χ1) is 29.3. The molecular weight excluding hydrogens is 733 g/mol. The molecule has 0 spiro atoms. The van der Waals surface area contributed by atoms with Gasteiger partial charge in [0.2, 0.25) is 0 Å². The highest BCUT2D eigenvalue weighted by molar-refractivity contribution is 7.26. The monoisotopic (exact) mass is 768 g/mol. The van der Waals surface area contributed by atoms with Crippen molar-refractivity contribution in [2.45, 2.75) is 0 Å². The molecular formula is C56H36N2S. The summed E-state index contributed by atoms with van der Waals surface area (Å²) in [7, 11) is 0. The maximum atomic E-state index is 2.52. The van der Waals surface area contributed by atoms with Crippen LogP contribution in [0.5, 0.6) is 0 Å². The Morgan fingerprint density at radius 2 is 1.02 bits per heavy atom. The number of hydrogen-bond acceptors (Lipinski definition) is 2. The summed E-state index contributed by atoms with van der Waals surface area (Å²) in [6.45, 7) is 0. The predicted octanol–water partition coefficient (Wildman–Crippen LogP) is 16.3. The molecule has 0 saturated carbocycles. The smallest absolute Gasteiger partial charge is 0.0562 e. The Morgan fingerprint density at radius 3 is 1.88 bits per heavy atom. The second-order valence-corrected chi connectivity index (χ2v) is 16.3. The lowest BCUT2D eigenvalue weighted by atomic mass is 9.95. The van der Waals surface area contributed by atoms with Gasteiger partial charge in [-0.1, -0.05) is 158 Å². The minimum absolute atomic E-state index is 1.10. The van der Waals surface area contributed by atoms with Crippen molar-refractivity contribution in [3.05, 3.63) is 218 Å². The van der Waals surface area contributed by atoms with Crippen LogP contribution in [-0.2, 0) is 0 Å². The molecule has 12 rings (SSSR count). The van der Waals surface area contributed by atoms with Crippen LogP contribution in [0.1, 0.15) is 0 Å². The standard InChI is InChI=1S/C56H36N2S/c1-2-18-42(19-3-1)57-49-24-10-8-21-47(49)54-50(57)25-13-26-51(54)58(43-32-30-38(31-33-43)41-29-28-37-14-4-5-16-40(37)36-41)52-35-34-46(45-23-12-17-39-15-6-7-20-44(39)45)56-55(52)48-22-9-11-27-53(48)59-56/h1-36H. The Bertz CT molecular complexity index is 3550. The molecule has 0 N–H and O–H groups in total. The predicted molar refractivity (Wildman–Crippen MR) is 254 cm³/mol. The fourth-order valence-corrected chi connectivity index (χ4v) is 10.5. The van der Waals surface area contributed by atoms with Gasteiger partial charge in [0.05, 0.1) is 22.4 Å². The Labute approximate surface area is 346 Å². The molecule has 0 aliphatic rings. The molecule has 10 aromatic carbocycles. The van der Waals surface area contributed by atoms with Gasteiger partial charge in [0.15, 0.2) is 0 Å². The van der Waals surface area contributed by atoms with Gasteiger partial charge in [0.25, 0.3) is 0 Å². The molecule has 0 atom stereocenters. The number of fused-ring (bicyclic) bond motifs is 8. The van der Waals surface area contributed by atoms with Crippen LogP contribution < -0.4 is 4.90 Å². The lowest BCUT2D eigenvalue weighted by Gasteiger charge is -2.28. The van der Waals surface area contributed by atoms with E-state index in [9.17, 15) is 0 Å². The van der Waals surface area contributed by atoms with Crippen molar-refractivity contribution < 1.29 is 0 Å². The number of nitrogens with zero attached hydrogens (tertiary/aromatic N) is 2. The van der Waals surface area contributed by atoms with Gasteiger partial charge in [-0.25, -0.2) is 0 Å². The van der Waals surface area contributed by atoms with E-state index < -0.39 is 0 Å². The SMILES string of the molecule is c1ccc(-n2c3ccccc3c3c(N(c4ccc(-c5ccc6ccccc6c5)cc4)c4ccc(-c5cccc6ccccc56)c5sc6ccccc6c45)cccc32)cc1. The fourth-order valence-electron chi connectivity index (χ4n) is 9.29. The van der Waals surface area contributed by atoms with E-state index in [4.69, 9.17) is 0 Å². The van der Waals surface area contributed by atoms with Crippen molar-refractivity contribution in [3.8, 4) is 27.9 Å². The molecule has 0 bridgehead atoms. The zero-order valence-electron chi connectivity index (χ0n) is 32.1. The zero-order chi connectivity index (χ0) is 38.9. The summed E-state index contributed by atoms with van der Waals surface area (Å²) in [5, 5.41) is 9.98. The summed E-state index contributed by atoms with van der Waals surface area (Å²) in [4.78, 5) is 2.52. The first kappa shape index (κ1) is 33.7. The van der Waals surface area contributed by atoms with Crippen LogP contribution in [0, 0.1) is 0 Å². The van der Waals surface area contributed by atoms with Crippen LogP contribution >= 0.6 is 11.3 Å². The Morgan fingerprint density at radius 1 is 0.373 bits per heavy atom. The Hall–Kier alpha value is -7.46. The third kappa shape index (κ3) is 5.40. The van der Waals surface area contributed by atoms with Crippen molar-refractivity contribution in [2.24, 2.45) is 0 Å². The Balaban J connectivity index is 1.15. The molecule has 0 amide bonds. The zero-order valence-corrected chi connectivity index (χ0v) is 32.9. The van der Waals surface area contributed by atoms with Gasteiger partial charge in [-0.3, -0.25) is 0 Å².